The van der Waals surface area contributed by atoms with Crippen LogP contribution >= 0.6 is 23.7 Å². The van der Waals surface area contributed by atoms with Crippen molar-refractivity contribution in [3.63, 3.8) is 0 Å². The summed E-state index contributed by atoms with van der Waals surface area (Å²) in [4.78, 5) is 21.9. The van der Waals surface area contributed by atoms with Crippen LogP contribution in [0.25, 0.3) is 21.3 Å². The van der Waals surface area contributed by atoms with E-state index in [9.17, 15) is 4.79 Å². The van der Waals surface area contributed by atoms with Crippen LogP contribution in [0.15, 0.2) is 60.7 Å². The van der Waals surface area contributed by atoms with Crippen molar-refractivity contribution in [3.05, 3.63) is 71.8 Å². The highest BCUT2D eigenvalue weighted by atomic mass is 35.5. The molecule has 0 spiro atoms. The van der Waals surface area contributed by atoms with E-state index in [0.29, 0.717) is 12.2 Å². The molecule has 0 aliphatic carbocycles. The van der Waals surface area contributed by atoms with E-state index in [0.717, 1.165) is 56.6 Å². The SMILES string of the molecule is CCOc1ccc(-c2ccc(C(=O)Nc3ccc4nc(N(C)CCN(C)C)sc4c3)cc2)c(C)c1.Cl. The van der Waals surface area contributed by atoms with Crippen LogP contribution in [-0.4, -0.2) is 56.6 Å². The number of halogens is 1. The van der Waals surface area contributed by atoms with Crippen LogP contribution in [0.1, 0.15) is 22.8 Å². The molecule has 4 rings (SSSR count). The van der Waals surface area contributed by atoms with Crippen LogP contribution in [-0.2, 0) is 0 Å². The lowest BCUT2D eigenvalue weighted by atomic mass is 9.99. The number of aryl methyl sites for hydroxylation is 1. The third-order valence-electron chi connectivity index (χ3n) is 5.81. The predicted molar refractivity (Wildman–Crippen MR) is 154 cm³/mol. The van der Waals surface area contributed by atoms with E-state index < -0.39 is 0 Å². The van der Waals surface area contributed by atoms with Gasteiger partial charge in [0, 0.05) is 31.4 Å². The maximum atomic E-state index is 12.9. The fourth-order valence-electron chi connectivity index (χ4n) is 3.82. The van der Waals surface area contributed by atoms with Gasteiger partial charge in [-0.2, -0.15) is 0 Å². The topological polar surface area (TPSA) is 57.7 Å². The van der Waals surface area contributed by atoms with Crippen molar-refractivity contribution >= 4 is 50.7 Å². The second-order valence-electron chi connectivity index (χ2n) is 8.84. The van der Waals surface area contributed by atoms with Crippen molar-refractivity contribution < 1.29 is 9.53 Å². The fraction of sp³-hybridized carbons (Fsp3) is 0.286. The molecule has 0 fully saturated rings. The van der Waals surface area contributed by atoms with Gasteiger partial charge in [0.1, 0.15) is 5.75 Å². The number of nitrogens with zero attached hydrogens (tertiary/aromatic N) is 3. The molecule has 0 bridgehead atoms. The van der Waals surface area contributed by atoms with Crippen LogP contribution in [0, 0.1) is 6.92 Å². The molecule has 1 N–H and O–H groups in total. The van der Waals surface area contributed by atoms with Crippen molar-refractivity contribution in [2.45, 2.75) is 13.8 Å². The number of nitrogens with one attached hydrogen (secondary N) is 1. The van der Waals surface area contributed by atoms with Crippen LogP contribution in [0.3, 0.4) is 0 Å². The summed E-state index contributed by atoms with van der Waals surface area (Å²) in [5.41, 5.74) is 5.65. The Balaban J connectivity index is 0.00000361. The monoisotopic (exact) mass is 524 g/mol. The van der Waals surface area contributed by atoms with Crippen LogP contribution in [0.5, 0.6) is 5.75 Å². The molecule has 0 saturated heterocycles. The first-order valence-electron chi connectivity index (χ1n) is 11.8. The average molecular weight is 525 g/mol. The molecule has 0 saturated carbocycles. The molecular weight excluding hydrogens is 492 g/mol. The number of aromatic nitrogens is 1. The van der Waals surface area contributed by atoms with Crippen LogP contribution < -0.4 is 15.0 Å². The Bertz CT molecular complexity index is 1320. The first-order valence-corrected chi connectivity index (χ1v) is 12.6. The molecule has 1 aromatic heterocycles. The standard InChI is InChI=1S/C28H32N4O2S.ClH/c1-6-34-23-12-13-24(19(2)17-23)20-7-9-21(10-8-20)27(33)29-22-11-14-25-26(18-22)35-28(30-25)32(5)16-15-31(3)4;/h7-14,17-18H,6,15-16H2,1-5H3,(H,29,33);1H. The lowest BCUT2D eigenvalue weighted by Gasteiger charge is -2.18. The number of hydrogen-bond donors (Lipinski definition) is 1. The molecule has 0 radical (unpaired) electrons. The lowest BCUT2D eigenvalue weighted by molar-refractivity contribution is 0.102. The highest BCUT2D eigenvalue weighted by Gasteiger charge is 2.12. The molecule has 1 heterocycles. The fourth-order valence-corrected chi connectivity index (χ4v) is 4.81. The minimum Gasteiger partial charge on any atom is -0.494 e. The number of anilines is 2. The largest absolute Gasteiger partial charge is 0.494 e. The van der Waals surface area contributed by atoms with Gasteiger partial charge in [0.15, 0.2) is 5.13 Å². The average Bonchev–Trinajstić information content (AvgIpc) is 3.26. The molecule has 6 nitrogen and oxygen atoms in total. The summed E-state index contributed by atoms with van der Waals surface area (Å²) in [5.74, 6) is 0.738. The van der Waals surface area contributed by atoms with E-state index in [1.807, 2.05) is 61.5 Å². The van der Waals surface area contributed by atoms with Crippen molar-refractivity contribution in [1.29, 1.82) is 0 Å². The first kappa shape index (κ1) is 27.5. The molecule has 4 aromatic rings. The molecule has 190 valence electrons. The molecule has 0 atom stereocenters. The Morgan fingerprint density at radius 1 is 1.00 bits per heavy atom. The Labute approximate surface area is 223 Å². The Morgan fingerprint density at radius 2 is 1.75 bits per heavy atom. The highest BCUT2D eigenvalue weighted by molar-refractivity contribution is 7.22. The van der Waals surface area contributed by atoms with E-state index >= 15 is 0 Å². The number of ether oxygens (including phenoxy) is 1. The second kappa shape index (κ2) is 12.2. The van der Waals surface area contributed by atoms with Gasteiger partial charge in [0.25, 0.3) is 5.91 Å². The van der Waals surface area contributed by atoms with Gasteiger partial charge in [-0.05, 0) is 87.1 Å². The van der Waals surface area contributed by atoms with Crippen LogP contribution in [0.2, 0.25) is 0 Å². The van der Waals surface area contributed by atoms with Gasteiger partial charge in [-0.3, -0.25) is 4.79 Å². The zero-order valence-corrected chi connectivity index (χ0v) is 23.0. The molecule has 1 amide bonds. The first-order chi connectivity index (χ1) is 16.8. The Kier molecular flexibility index (Phi) is 9.31. The van der Waals surface area contributed by atoms with E-state index in [-0.39, 0.29) is 18.3 Å². The quantitative estimate of drug-likeness (QED) is 0.277. The number of likely N-dealkylation sites (N-methyl/N-ethyl adjacent to an activating group) is 2. The smallest absolute Gasteiger partial charge is 0.255 e. The maximum absolute atomic E-state index is 12.9. The normalized spacial score (nSPS) is 10.8. The number of fused-ring (bicyclic) bond motifs is 1. The minimum atomic E-state index is -0.132. The number of thiazole rings is 1. The highest BCUT2D eigenvalue weighted by Crippen LogP contribution is 2.31. The summed E-state index contributed by atoms with van der Waals surface area (Å²) < 4.78 is 6.64. The zero-order chi connectivity index (χ0) is 24.9. The number of amides is 1. The Hall–Kier alpha value is -3.13. The lowest BCUT2D eigenvalue weighted by Crippen LogP contribution is -2.28. The van der Waals surface area contributed by atoms with Gasteiger partial charge in [-0.25, -0.2) is 4.98 Å². The van der Waals surface area contributed by atoms with E-state index in [1.54, 1.807) is 11.3 Å². The number of carbonyl (C=O) groups excluding carboxylic acids is 1. The minimum absolute atomic E-state index is 0. The summed E-state index contributed by atoms with van der Waals surface area (Å²) in [7, 11) is 6.19. The summed E-state index contributed by atoms with van der Waals surface area (Å²) in [6, 6.07) is 19.6. The molecule has 0 aliphatic heterocycles. The summed E-state index contributed by atoms with van der Waals surface area (Å²) in [6.45, 7) is 6.56. The van der Waals surface area contributed by atoms with Gasteiger partial charge < -0.3 is 19.9 Å². The number of carbonyl (C=O) groups is 1. The van der Waals surface area contributed by atoms with Gasteiger partial charge >= 0.3 is 0 Å². The molecule has 36 heavy (non-hydrogen) atoms. The third-order valence-corrected chi connectivity index (χ3v) is 6.94. The molecule has 0 aliphatic rings. The summed E-state index contributed by atoms with van der Waals surface area (Å²) in [5, 5.41) is 4.00. The summed E-state index contributed by atoms with van der Waals surface area (Å²) in [6.07, 6.45) is 0. The van der Waals surface area contributed by atoms with Gasteiger partial charge in [0.05, 0.1) is 16.8 Å². The van der Waals surface area contributed by atoms with Gasteiger partial charge in [-0.15, -0.1) is 12.4 Å². The number of rotatable bonds is 9. The number of benzene rings is 3. The van der Waals surface area contributed by atoms with E-state index in [4.69, 9.17) is 9.72 Å². The zero-order valence-electron chi connectivity index (χ0n) is 21.4. The predicted octanol–water partition coefficient (Wildman–Crippen LogP) is 6.34. The Morgan fingerprint density at radius 3 is 2.42 bits per heavy atom. The maximum Gasteiger partial charge on any atom is 0.255 e. The second-order valence-corrected chi connectivity index (χ2v) is 9.85. The number of hydrogen-bond acceptors (Lipinski definition) is 6. The van der Waals surface area contributed by atoms with Gasteiger partial charge in [0.2, 0.25) is 0 Å². The van der Waals surface area contributed by atoms with Gasteiger partial charge in [-0.1, -0.05) is 29.5 Å². The summed E-state index contributed by atoms with van der Waals surface area (Å²) >= 11 is 1.64. The molecular formula is C28H33ClN4O2S. The molecule has 0 unspecified atom stereocenters. The van der Waals surface area contributed by atoms with Crippen molar-refractivity contribution in [2.75, 3.05) is 51.1 Å². The van der Waals surface area contributed by atoms with E-state index in [1.165, 1.54) is 0 Å². The van der Waals surface area contributed by atoms with Crippen molar-refractivity contribution in [1.82, 2.24) is 9.88 Å². The van der Waals surface area contributed by atoms with Crippen molar-refractivity contribution in [2.24, 2.45) is 0 Å². The van der Waals surface area contributed by atoms with Crippen LogP contribution in [0.4, 0.5) is 10.8 Å². The third kappa shape index (κ3) is 6.55. The van der Waals surface area contributed by atoms with E-state index in [2.05, 4.69) is 49.2 Å². The van der Waals surface area contributed by atoms with Crippen molar-refractivity contribution in [3.8, 4) is 16.9 Å². The molecule has 3 aromatic carbocycles. The molecule has 8 heteroatoms.